The fourth-order valence-corrected chi connectivity index (χ4v) is 1.57. The largest absolute Gasteiger partial charge is 0.422 e. The maximum atomic E-state index is 11.7. The molecule has 0 saturated carbocycles. The maximum absolute atomic E-state index is 11.7. The molecule has 1 aliphatic heterocycles. The molecule has 0 amide bonds. The molecular formula is C13H13NO7. The Balaban J connectivity index is 2.07. The van der Waals surface area contributed by atoms with Crippen LogP contribution >= 0.6 is 0 Å². The minimum Gasteiger partial charge on any atom is -0.422 e. The molecule has 0 unspecified atom stereocenters. The summed E-state index contributed by atoms with van der Waals surface area (Å²) in [6.07, 6.45) is 1.05. The third kappa shape index (κ3) is 3.68. The van der Waals surface area contributed by atoms with Crippen molar-refractivity contribution < 1.29 is 33.0 Å². The summed E-state index contributed by atoms with van der Waals surface area (Å²) < 4.78 is 19.6. The molecule has 0 aromatic carbocycles. The van der Waals surface area contributed by atoms with Crippen LogP contribution in [0.5, 0.6) is 5.95 Å². The third-order valence-corrected chi connectivity index (χ3v) is 2.36. The molecule has 2 rings (SSSR count). The van der Waals surface area contributed by atoms with E-state index in [0.717, 1.165) is 6.21 Å². The molecule has 1 fully saturated rings. The molecule has 1 aromatic rings. The number of hydrogen-bond acceptors (Lipinski definition) is 8. The van der Waals surface area contributed by atoms with Gasteiger partial charge in [0, 0.05) is 39.1 Å². The Hall–Kier alpha value is -2.64. The molecule has 21 heavy (non-hydrogen) atoms. The van der Waals surface area contributed by atoms with Crippen molar-refractivity contribution in [2.24, 2.45) is 10.9 Å². The number of rotatable bonds is 3. The highest BCUT2D eigenvalue weighted by atomic mass is 16.7. The summed E-state index contributed by atoms with van der Waals surface area (Å²) in [6, 6.07) is 2.80. The van der Waals surface area contributed by atoms with Gasteiger partial charge in [-0.1, -0.05) is 0 Å². The third-order valence-electron chi connectivity index (χ3n) is 2.36. The Labute approximate surface area is 119 Å². The second-order valence-electron chi connectivity index (χ2n) is 4.68. The van der Waals surface area contributed by atoms with E-state index in [1.165, 1.54) is 32.9 Å². The van der Waals surface area contributed by atoms with Gasteiger partial charge in [0.25, 0.3) is 11.7 Å². The average Bonchev–Trinajstić information content (AvgIpc) is 2.73. The standard InChI is InChI=1S/C13H13NO7/c1-7(15)18-10-5-4-9(19-10)14-6-8-11(16)20-13(2,3)21-12(8)17/h4-6,8H,1-3H3. The van der Waals surface area contributed by atoms with Crippen molar-refractivity contribution in [1.82, 2.24) is 0 Å². The van der Waals surface area contributed by atoms with Gasteiger partial charge in [0.15, 0.2) is 5.92 Å². The smallest absolute Gasteiger partial charge is 0.329 e. The summed E-state index contributed by atoms with van der Waals surface area (Å²) >= 11 is 0. The van der Waals surface area contributed by atoms with E-state index in [1.54, 1.807) is 0 Å². The van der Waals surface area contributed by atoms with E-state index in [-0.39, 0.29) is 11.8 Å². The zero-order chi connectivity index (χ0) is 15.6. The van der Waals surface area contributed by atoms with E-state index in [0.29, 0.717) is 0 Å². The Morgan fingerprint density at radius 3 is 2.48 bits per heavy atom. The number of carbonyl (C=O) groups is 3. The van der Waals surface area contributed by atoms with Crippen molar-refractivity contribution in [2.45, 2.75) is 26.6 Å². The molecule has 1 aliphatic rings. The van der Waals surface area contributed by atoms with Gasteiger partial charge < -0.3 is 18.6 Å². The van der Waals surface area contributed by atoms with Gasteiger partial charge in [-0.25, -0.2) is 4.99 Å². The van der Waals surface area contributed by atoms with E-state index in [9.17, 15) is 14.4 Å². The van der Waals surface area contributed by atoms with E-state index in [4.69, 9.17) is 18.6 Å². The Kier molecular flexibility index (Phi) is 3.79. The van der Waals surface area contributed by atoms with Crippen molar-refractivity contribution >= 4 is 30.0 Å². The molecule has 0 atom stereocenters. The molecule has 1 saturated heterocycles. The van der Waals surface area contributed by atoms with E-state index in [1.807, 2.05) is 0 Å². The summed E-state index contributed by atoms with van der Waals surface area (Å²) in [6.45, 7) is 4.13. The zero-order valence-electron chi connectivity index (χ0n) is 11.6. The number of carbonyl (C=O) groups excluding carboxylic acids is 3. The second kappa shape index (κ2) is 5.39. The van der Waals surface area contributed by atoms with Crippen molar-refractivity contribution in [3.8, 4) is 5.95 Å². The van der Waals surface area contributed by atoms with Crippen LogP contribution in [0.2, 0.25) is 0 Å². The highest BCUT2D eigenvalue weighted by molar-refractivity contribution is 6.10. The first-order valence-electron chi connectivity index (χ1n) is 6.05. The van der Waals surface area contributed by atoms with E-state index in [2.05, 4.69) is 4.99 Å². The molecule has 0 radical (unpaired) electrons. The van der Waals surface area contributed by atoms with Crippen LogP contribution in [0.15, 0.2) is 21.5 Å². The molecule has 0 spiro atoms. The van der Waals surface area contributed by atoms with Crippen LogP contribution in [0, 0.1) is 5.92 Å². The highest BCUT2D eigenvalue weighted by Gasteiger charge is 2.42. The lowest BCUT2D eigenvalue weighted by Gasteiger charge is -2.31. The fraction of sp³-hybridized carbons (Fsp3) is 0.385. The van der Waals surface area contributed by atoms with Crippen molar-refractivity contribution in [3.63, 3.8) is 0 Å². The lowest BCUT2D eigenvalue weighted by Crippen LogP contribution is -2.46. The fourth-order valence-electron chi connectivity index (χ4n) is 1.57. The molecule has 112 valence electrons. The number of aliphatic imine (C=N–C) groups is 1. The van der Waals surface area contributed by atoms with Gasteiger partial charge in [0.2, 0.25) is 5.88 Å². The predicted molar refractivity (Wildman–Crippen MR) is 67.9 cm³/mol. The van der Waals surface area contributed by atoms with Crippen molar-refractivity contribution in [3.05, 3.63) is 12.1 Å². The first-order valence-corrected chi connectivity index (χ1v) is 6.05. The number of esters is 3. The molecular weight excluding hydrogens is 282 g/mol. The second-order valence-corrected chi connectivity index (χ2v) is 4.68. The normalized spacial score (nSPS) is 18.4. The Morgan fingerprint density at radius 2 is 1.90 bits per heavy atom. The Morgan fingerprint density at radius 1 is 1.29 bits per heavy atom. The molecule has 8 nitrogen and oxygen atoms in total. The summed E-state index contributed by atoms with van der Waals surface area (Å²) in [5.74, 6) is -4.58. The van der Waals surface area contributed by atoms with E-state index < -0.39 is 29.6 Å². The summed E-state index contributed by atoms with van der Waals surface area (Å²) in [5, 5.41) is 0. The van der Waals surface area contributed by atoms with Gasteiger partial charge in [-0.15, -0.1) is 0 Å². The van der Waals surface area contributed by atoms with Gasteiger partial charge in [-0.05, 0) is 0 Å². The lowest BCUT2D eigenvalue weighted by molar-refractivity contribution is -0.235. The van der Waals surface area contributed by atoms with Gasteiger partial charge in [0.1, 0.15) is 0 Å². The number of furan rings is 1. The van der Waals surface area contributed by atoms with Crippen LogP contribution in [-0.4, -0.2) is 29.9 Å². The van der Waals surface area contributed by atoms with Crippen LogP contribution in [0.1, 0.15) is 20.8 Å². The highest BCUT2D eigenvalue weighted by Crippen LogP contribution is 2.25. The quantitative estimate of drug-likeness (QED) is 0.471. The molecule has 2 heterocycles. The van der Waals surface area contributed by atoms with Gasteiger partial charge >= 0.3 is 17.9 Å². The first-order chi connectivity index (χ1) is 9.77. The lowest BCUT2D eigenvalue weighted by atomic mass is 10.1. The first kappa shape index (κ1) is 14.8. The summed E-state index contributed by atoms with van der Waals surface area (Å²) in [7, 11) is 0. The number of nitrogens with zero attached hydrogens (tertiary/aromatic N) is 1. The predicted octanol–water partition coefficient (Wildman–Crippen LogP) is 1.36. The number of cyclic esters (lactones) is 2. The maximum Gasteiger partial charge on any atom is 0.329 e. The molecule has 8 heteroatoms. The van der Waals surface area contributed by atoms with Crippen LogP contribution in [-0.2, 0) is 23.9 Å². The molecule has 1 aromatic heterocycles. The summed E-state index contributed by atoms with van der Waals surface area (Å²) in [4.78, 5) is 37.9. The molecule has 0 aliphatic carbocycles. The molecule has 0 N–H and O–H groups in total. The average molecular weight is 295 g/mol. The topological polar surface area (TPSA) is 104 Å². The number of hydrogen-bond donors (Lipinski definition) is 0. The van der Waals surface area contributed by atoms with Crippen LogP contribution < -0.4 is 4.74 Å². The monoisotopic (exact) mass is 295 g/mol. The van der Waals surface area contributed by atoms with Gasteiger partial charge in [-0.2, -0.15) is 0 Å². The Bertz CT molecular complexity index is 594. The van der Waals surface area contributed by atoms with Crippen molar-refractivity contribution in [1.29, 1.82) is 0 Å². The van der Waals surface area contributed by atoms with Crippen LogP contribution in [0.25, 0.3) is 0 Å². The van der Waals surface area contributed by atoms with Crippen molar-refractivity contribution in [2.75, 3.05) is 0 Å². The van der Waals surface area contributed by atoms with Crippen LogP contribution in [0.3, 0.4) is 0 Å². The SMILES string of the molecule is CC(=O)Oc1ccc(N=CC2C(=O)OC(C)(C)OC2=O)o1. The van der Waals surface area contributed by atoms with Gasteiger partial charge in [0.05, 0.1) is 0 Å². The molecule has 0 bridgehead atoms. The van der Waals surface area contributed by atoms with Crippen LogP contribution in [0.4, 0.5) is 5.88 Å². The number of ether oxygens (including phenoxy) is 3. The van der Waals surface area contributed by atoms with E-state index >= 15 is 0 Å². The zero-order valence-corrected chi connectivity index (χ0v) is 11.6. The van der Waals surface area contributed by atoms with Gasteiger partial charge in [-0.3, -0.25) is 14.4 Å². The minimum absolute atomic E-state index is 0.0374. The summed E-state index contributed by atoms with van der Waals surface area (Å²) in [5.41, 5.74) is 0. The minimum atomic E-state index is -1.29.